The van der Waals surface area contributed by atoms with Gasteiger partial charge >= 0.3 is 5.97 Å². The summed E-state index contributed by atoms with van der Waals surface area (Å²) in [5.74, 6) is -0.951. The van der Waals surface area contributed by atoms with Crippen LogP contribution >= 0.6 is 0 Å². The average molecular weight is 334 g/mol. The van der Waals surface area contributed by atoms with Crippen LogP contribution in [0.2, 0.25) is 0 Å². The van der Waals surface area contributed by atoms with E-state index in [1.807, 2.05) is 52.8 Å². The highest BCUT2D eigenvalue weighted by Crippen LogP contribution is 2.18. The molecule has 0 heterocycles. The normalized spacial score (nSPS) is 13.6. The average Bonchev–Trinajstić information content (AvgIpc) is 2.47. The first-order valence-corrected chi connectivity index (χ1v) is 8.53. The number of rotatable bonds is 9. The summed E-state index contributed by atoms with van der Waals surface area (Å²) in [5.41, 5.74) is 3.03. The largest absolute Gasteiger partial charge is 0.481 e. The van der Waals surface area contributed by atoms with Crippen molar-refractivity contribution in [3.05, 3.63) is 29.3 Å². The van der Waals surface area contributed by atoms with Crippen molar-refractivity contribution in [2.24, 2.45) is 11.8 Å². The molecule has 2 atom stereocenters. The van der Waals surface area contributed by atoms with E-state index in [0.29, 0.717) is 25.3 Å². The Morgan fingerprint density at radius 3 is 2.42 bits per heavy atom. The summed E-state index contributed by atoms with van der Waals surface area (Å²) in [5, 5.41) is 15.3. The number of nitrogens with one attached hydrogen (secondary N) is 2. The van der Waals surface area contributed by atoms with Gasteiger partial charge in [0.15, 0.2) is 0 Å². The molecule has 134 valence electrons. The van der Waals surface area contributed by atoms with Crippen LogP contribution in [0.3, 0.4) is 0 Å². The van der Waals surface area contributed by atoms with Crippen molar-refractivity contribution in [2.45, 2.75) is 53.5 Å². The Hall–Kier alpha value is -1.88. The fourth-order valence-corrected chi connectivity index (χ4v) is 2.62. The van der Waals surface area contributed by atoms with E-state index < -0.39 is 11.9 Å². The Morgan fingerprint density at radius 2 is 1.83 bits per heavy atom. The number of aryl methyl sites for hydroxylation is 1. The van der Waals surface area contributed by atoms with E-state index in [1.165, 1.54) is 0 Å². The molecule has 0 saturated heterocycles. The zero-order valence-corrected chi connectivity index (χ0v) is 15.3. The molecule has 0 fully saturated rings. The lowest BCUT2D eigenvalue weighted by atomic mass is 9.97. The van der Waals surface area contributed by atoms with E-state index in [2.05, 4.69) is 10.6 Å². The zero-order valence-electron chi connectivity index (χ0n) is 15.3. The highest BCUT2D eigenvalue weighted by atomic mass is 16.4. The molecule has 0 saturated carbocycles. The monoisotopic (exact) mass is 334 g/mol. The summed E-state index contributed by atoms with van der Waals surface area (Å²) in [6.45, 7) is 10.3. The lowest BCUT2D eigenvalue weighted by Gasteiger charge is -2.19. The van der Waals surface area contributed by atoms with Gasteiger partial charge in [-0.3, -0.25) is 9.59 Å². The number of hydrogen-bond acceptors (Lipinski definition) is 3. The minimum Gasteiger partial charge on any atom is -0.481 e. The third-order valence-electron chi connectivity index (χ3n) is 4.19. The number of carboxylic acids is 1. The fourth-order valence-electron chi connectivity index (χ4n) is 2.62. The van der Waals surface area contributed by atoms with E-state index in [4.69, 9.17) is 0 Å². The van der Waals surface area contributed by atoms with Crippen molar-refractivity contribution < 1.29 is 14.7 Å². The predicted molar refractivity (Wildman–Crippen MR) is 97.2 cm³/mol. The van der Waals surface area contributed by atoms with Gasteiger partial charge in [0.1, 0.15) is 0 Å². The maximum Gasteiger partial charge on any atom is 0.307 e. The summed E-state index contributed by atoms with van der Waals surface area (Å²) in [4.78, 5) is 23.4. The van der Waals surface area contributed by atoms with Gasteiger partial charge in [-0.05, 0) is 50.3 Å². The molecule has 0 aliphatic carbocycles. The van der Waals surface area contributed by atoms with Crippen LogP contribution in [0.25, 0.3) is 0 Å². The van der Waals surface area contributed by atoms with Crippen molar-refractivity contribution >= 4 is 17.6 Å². The highest BCUT2D eigenvalue weighted by Gasteiger charge is 2.20. The fraction of sp³-hybridized carbons (Fsp3) is 0.579. The molecule has 1 amide bonds. The van der Waals surface area contributed by atoms with Gasteiger partial charge in [-0.15, -0.1) is 0 Å². The van der Waals surface area contributed by atoms with Crippen LogP contribution in [0.1, 0.15) is 44.7 Å². The second-order valence-corrected chi connectivity index (χ2v) is 6.97. The van der Waals surface area contributed by atoms with E-state index in [-0.39, 0.29) is 11.9 Å². The number of carboxylic acid groups (broad SMARTS) is 1. The SMILES string of the molecule is Cc1cccc(NC(=O)CC(C)NCC(CC(C)C)C(=O)O)c1C. The summed E-state index contributed by atoms with van der Waals surface area (Å²) in [6.07, 6.45) is 0.936. The minimum absolute atomic E-state index is 0.0700. The highest BCUT2D eigenvalue weighted by molar-refractivity contribution is 5.92. The van der Waals surface area contributed by atoms with E-state index in [9.17, 15) is 14.7 Å². The van der Waals surface area contributed by atoms with Crippen molar-refractivity contribution in [1.29, 1.82) is 0 Å². The number of carbonyl (C=O) groups excluding carboxylic acids is 1. The molecule has 0 aliphatic rings. The van der Waals surface area contributed by atoms with Crippen LogP contribution < -0.4 is 10.6 Å². The Balaban J connectivity index is 2.49. The molecule has 0 aliphatic heterocycles. The Kier molecular flexibility index (Phi) is 7.92. The van der Waals surface area contributed by atoms with Crippen molar-refractivity contribution in [3.63, 3.8) is 0 Å². The van der Waals surface area contributed by atoms with Gasteiger partial charge in [-0.2, -0.15) is 0 Å². The molecule has 5 nitrogen and oxygen atoms in total. The van der Waals surface area contributed by atoms with Crippen molar-refractivity contribution in [3.8, 4) is 0 Å². The zero-order chi connectivity index (χ0) is 18.3. The quantitative estimate of drug-likeness (QED) is 0.647. The Bertz CT molecular complexity index is 570. The van der Waals surface area contributed by atoms with Crippen LogP contribution in [0.4, 0.5) is 5.69 Å². The lowest BCUT2D eigenvalue weighted by molar-refractivity contribution is -0.142. The van der Waals surface area contributed by atoms with Gasteiger partial charge in [0.25, 0.3) is 0 Å². The number of carbonyl (C=O) groups is 2. The van der Waals surface area contributed by atoms with Crippen molar-refractivity contribution in [1.82, 2.24) is 5.32 Å². The second kappa shape index (κ2) is 9.42. The topological polar surface area (TPSA) is 78.4 Å². The van der Waals surface area contributed by atoms with Crippen LogP contribution in [0.15, 0.2) is 18.2 Å². The molecule has 1 aromatic rings. The summed E-state index contributed by atoms with van der Waals surface area (Å²) in [6, 6.07) is 5.74. The summed E-state index contributed by atoms with van der Waals surface area (Å²) >= 11 is 0. The van der Waals surface area contributed by atoms with Gasteiger partial charge in [0.2, 0.25) is 5.91 Å². The van der Waals surface area contributed by atoms with Crippen LogP contribution in [-0.2, 0) is 9.59 Å². The first kappa shape index (κ1) is 20.2. The lowest BCUT2D eigenvalue weighted by Crippen LogP contribution is -2.37. The molecule has 3 N–H and O–H groups in total. The summed E-state index contributed by atoms with van der Waals surface area (Å²) < 4.78 is 0. The molecule has 0 aromatic heterocycles. The van der Waals surface area contributed by atoms with Gasteiger partial charge in [-0.1, -0.05) is 26.0 Å². The van der Waals surface area contributed by atoms with Gasteiger partial charge in [0.05, 0.1) is 5.92 Å². The Morgan fingerprint density at radius 1 is 1.17 bits per heavy atom. The van der Waals surface area contributed by atoms with Gasteiger partial charge in [-0.25, -0.2) is 0 Å². The third kappa shape index (κ3) is 6.71. The van der Waals surface area contributed by atoms with Crippen LogP contribution in [-0.4, -0.2) is 29.6 Å². The molecule has 0 bridgehead atoms. The van der Waals surface area contributed by atoms with E-state index in [1.54, 1.807) is 0 Å². The molecular weight excluding hydrogens is 304 g/mol. The number of hydrogen-bond donors (Lipinski definition) is 3. The second-order valence-electron chi connectivity index (χ2n) is 6.97. The number of amides is 1. The molecular formula is C19H30N2O3. The number of benzene rings is 1. The summed E-state index contributed by atoms with van der Waals surface area (Å²) in [7, 11) is 0. The van der Waals surface area contributed by atoms with E-state index in [0.717, 1.165) is 16.8 Å². The predicted octanol–water partition coefficient (Wildman–Crippen LogP) is 3.36. The maximum atomic E-state index is 12.2. The molecule has 2 unspecified atom stereocenters. The molecule has 1 rings (SSSR count). The van der Waals surface area contributed by atoms with Crippen molar-refractivity contribution in [2.75, 3.05) is 11.9 Å². The van der Waals surface area contributed by atoms with E-state index >= 15 is 0 Å². The third-order valence-corrected chi connectivity index (χ3v) is 4.19. The molecule has 0 radical (unpaired) electrons. The Labute approximate surface area is 144 Å². The van der Waals surface area contributed by atoms with Gasteiger partial charge < -0.3 is 15.7 Å². The molecule has 0 spiro atoms. The number of aliphatic carboxylic acids is 1. The standard InChI is InChI=1S/C19H30N2O3/c1-12(2)9-16(19(23)24)11-20-14(4)10-18(22)21-17-8-6-7-13(3)15(17)5/h6-8,12,14,16,20H,9-11H2,1-5H3,(H,21,22)(H,23,24). The maximum absolute atomic E-state index is 12.2. The minimum atomic E-state index is -0.789. The first-order valence-electron chi connectivity index (χ1n) is 8.53. The van der Waals surface area contributed by atoms with Gasteiger partial charge in [0, 0.05) is 24.7 Å². The molecule has 24 heavy (non-hydrogen) atoms. The smallest absolute Gasteiger partial charge is 0.307 e. The number of anilines is 1. The molecule has 1 aromatic carbocycles. The first-order chi connectivity index (χ1) is 11.2. The molecule has 5 heteroatoms. The van der Waals surface area contributed by atoms with Crippen LogP contribution in [0, 0.1) is 25.7 Å². The van der Waals surface area contributed by atoms with Crippen LogP contribution in [0.5, 0.6) is 0 Å².